The lowest BCUT2D eigenvalue weighted by Gasteiger charge is -2.37. The fourth-order valence-corrected chi connectivity index (χ4v) is 6.85. The van der Waals surface area contributed by atoms with Gasteiger partial charge in [0.15, 0.2) is 5.78 Å². The van der Waals surface area contributed by atoms with Gasteiger partial charge in [0.05, 0.1) is 16.7 Å². The Morgan fingerprint density at radius 3 is 2.06 bits per heavy atom. The highest BCUT2D eigenvalue weighted by Crippen LogP contribution is 2.53. The van der Waals surface area contributed by atoms with Crippen LogP contribution in [-0.4, -0.2) is 46.6 Å². The minimum Gasteiger partial charge on any atom is -0.508 e. The fourth-order valence-electron chi connectivity index (χ4n) is 6.85. The van der Waals surface area contributed by atoms with Crippen LogP contribution in [0.1, 0.15) is 59.2 Å². The van der Waals surface area contributed by atoms with Crippen LogP contribution in [0.3, 0.4) is 0 Å². The summed E-state index contributed by atoms with van der Waals surface area (Å²) in [4.78, 5) is 28.9. The number of rotatable bonds is 7. The summed E-state index contributed by atoms with van der Waals surface area (Å²) in [5.74, 6) is -7.28. The number of hydrogen-bond donors (Lipinski definition) is 8. The van der Waals surface area contributed by atoms with Crippen molar-refractivity contribution in [3.8, 4) is 57.3 Å². The third kappa shape index (κ3) is 6.21. The first kappa shape index (κ1) is 34.3. The number of aromatic hydroxyl groups is 8. The molecule has 1 aromatic heterocycles. The van der Waals surface area contributed by atoms with E-state index in [1.807, 2.05) is 0 Å². The van der Waals surface area contributed by atoms with Gasteiger partial charge in [0.25, 0.3) is 0 Å². The maximum Gasteiger partial charge on any atom is 0.204 e. The molecule has 1 aliphatic rings. The Kier molecular flexibility index (Phi) is 8.74. The number of allylic oxidation sites excluding steroid dienone is 4. The zero-order valence-corrected chi connectivity index (χ0v) is 27.5. The average Bonchev–Trinajstić information content (AvgIpc) is 3.03. The van der Waals surface area contributed by atoms with E-state index in [2.05, 4.69) is 6.58 Å². The molecule has 6 rings (SSSR count). The minimum absolute atomic E-state index is 0.00847. The van der Waals surface area contributed by atoms with Crippen LogP contribution in [-0.2, 0) is 0 Å². The number of phenolic OH excluding ortho intramolecular Hbond substituents is 8. The van der Waals surface area contributed by atoms with E-state index >= 15 is 0 Å². The molecular weight excluding hydrogens is 656 g/mol. The lowest BCUT2D eigenvalue weighted by molar-refractivity contribution is 0.0877. The normalized spacial score (nSPS) is 17.5. The van der Waals surface area contributed by atoms with Crippen LogP contribution in [0, 0.1) is 5.92 Å². The van der Waals surface area contributed by atoms with Crippen molar-refractivity contribution in [2.24, 2.45) is 5.92 Å². The van der Waals surface area contributed by atoms with Crippen molar-refractivity contribution < 1.29 is 50.1 Å². The van der Waals surface area contributed by atoms with Crippen molar-refractivity contribution in [1.29, 1.82) is 0 Å². The third-order valence-corrected chi connectivity index (χ3v) is 9.08. The number of hydrogen-bond acceptors (Lipinski definition) is 11. The molecule has 11 heteroatoms. The van der Waals surface area contributed by atoms with Crippen molar-refractivity contribution >= 4 is 22.8 Å². The molecule has 5 aromatic rings. The predicted octanol–water partition coefficient (Wildman–Crippen LogP) is 7.41. The molecule has 1 aliphatic carbocycles. The monoisotopic (exact) mass is 690 g/mol. The Labute approximate surface area is 290 Å². The summed E-state index contributed by atoms with van der Waals surface area (Å²) >= 11 is 0. The number of fused-ring (bicyclic) bond motifs is 1. The van der Waals surface area contributed by atoms with Gasteiger partial charge in [-0.1, -0.05) is 35.9 Å². The first-order valence-electron chi connectivity index (χ1n) is 15.8. The van der Waals surface area contributed by atoms with E-state index in [-0.39, 0.29) is 74.0 Å². The molecule has 0 saturated carbocycles. The molecule has 3 unspecified atom stereocenters. The molecule has 4 aromatic carbocycles. The second-order valence-corrected chi connectivity index (χ2v) is 12.8. The molecule has 11 nitrogen and oxygen atoms in total. The number of carbonyl (C=O) groups excluding carboxylic acids is 1. The molecule has 0 aliphatic heterocycles. The molecule has 0 fully saturated rings. The second kappa shape index (κ2) is 13.0. The van der Waals surface area contributed by atoms with Gasteiger partial charge in [0, 0.05) is 47.6 Å². The fraction of sp³-hybridized carbons (Fsp3) is 0.150. The second-order valence-electron chi connectivity index (χ2n) is 12.8. The van der Waals surface area contributed by atoms with Gasteiger partial charge < -0.3 is 45.3 Å². The van der Waals surface area contributed by atoms with Crippen LogP contribution in [0.2, 0.25) is 0 Å². The Hall–Kier alpha value is -6.62. The maximum absolute atomic E-state index is 14.6. The summed E-state index contributed by atoms with van der Waals surface area (Å²) in [6.07, 6.45) is 4.83. The predicted molar refractivity (Wildman–Crippen MR) is 190 cm³/mol. The summed E-state index contributed by atoms with van der Waals surface area (Å²) < 4.78 is 6.40. The molecule has 0 saturated heterocycles. The van der Waals surface area contributed by atoms with Crippen molar-refractivity contribution in [3.63, 3.8) is 0 Å². The quantitative estimate of drug-likeness (QED) is 0.0479. The Balaban J connectivity index is 1.71. The highest BCUT2D eigenvalue weighted by atomic mass is 16.3. The molecule has 0 spiro atoms. The number of benzene rings is 4. The van der Waals surface area contributed by atoms with Gasteiger partial charge >= 0.3 is 0 Å². The van der Waals surface area contributed by atoms with Crippen LogP contribution in [0.5, 0.6) is 46.0 Å². The van der Waals surface area contributed by atoms with E-state index in [9.17, 15) is 50.4 Å². The largest absolute Gasteiger partial charge is 0.508 e. The maximum atomic E-state index is 14.6. The van der Waals surface area contributed by atoms with Crippen molar-refractivity contribution in [1.82, 2.24) is 0 Å². The first-order chi connectivity index (χ1) is 24.2. The van der Waals surface area contributed by atoms with Crippen molar-refractivity contribution in [2.75, 3.05) is 0 Å². The summed E-state index contributed by atoms with van der Waals surface area (Å²) in [7, 11) is 0. The number of carbonyl (C=O) groups is 1. The first-order valence-corrected chi connectivity index (χ1v) is 15.8. The van der Waals surface area contributed by atoms with Crippen molar-refractivity contribution in [2.45, 2.75) is 32.1 Å². The molecule has 8 N–H and O–H groups in total. The smallest absolute Gasteiger partial charge is 0.204 e. The van der Waals surface area contributed by atoms with Gasteiger partial charge in [-0.15, -0.1) is 0 Å². The molecule has 3 atom stereocenters. The minimum atomic E-state index is -1.22. The van der Waals surface area contributed by atoms with Gasteiger partial charge in [-0.3, -0.25) is 9.59 Å². The third-order valence-electron chi connectivity index (χ3n) is 9.08. The topological polar surface area (TPSA) is 209 Å². The summed E-state index contributed by atoms with van der Waals surface area (Å²) in [5.41, 5.74) is 0.107. The van der Waals surface area contributed by atoms with E-state index in [1.165, 1.54) is 48.6 Å². The van der Waals surface area contributed by atoms with E-state index < -0.39 is 52.0 Å². The molecular formula is C40H34O11. The van der Waals surface area contributed by atoms with Crippen LogP contribution >= 0.6 is 0 Å². The Morgan fingerprint density at radius 1 is 0.804 bits per heavy atom. The van der Waals surface area contributed by atoms with E-state index in [0.717, 1.165) is 24.3 Å². The van der Waals surface area contributed by atoms with Crippen LogP contribution in [0.15, 0.2) is 99.8 Å². The molecule has 0 radical (unpaired) electrons. The van der Waals surface area contributed by atoms with E-state index in [4.69, 9.17) is 4.42 Å². The zero-order chi connectivity index (χ0) is 36.9. The Bertz CT molecular complexity index is 2380. The van der Waals surface area contributed by atoms with Crippen LogP contribution in [0.25, 0.3) is 28.4 Å². The van der Waals surface area contributed by atoms with E-state index in [0.29, 0.717) is 11.1 Å². The molecule has 51 heavy (non-hydrogen) atoms. The van der Waals surface area contributed by atoms with E-state index in [1.54, 1.807) is 19.9 Å². The van der Waals surface area contributed by atoms with Gasteiger partial charge in [-0.25, -0.2) is 0 Å². The molecule has 0 amide bonds. The molecule has 1 heterocycles. The highest BCUT2D eigenvalue weighted by molar-refractivity contribution is 6.03. The summed E-state index contributed by atoms with van der Waals surface area (Å²) in [5, 5.41) is 85.0. The number of phenols is 8. The Morgan fingerprint density at radius 2 is 1.43 bits per heavy atom. The van der Waals surface area contributed by atoms with Crippen LogP contribution in [0.4, 0.5) is 0 Å². The average molecular weight is 691 g/mol. The molecule has 0 bridgehead atoms. The summed E-state index contributed by atoms with van der Waals surface area (Å²) in [6, 6.07) is 12.0. The number of ketones is 1. The van der Waals surface area contributed by atoms with Gasteiger partial charge in [0.2, 0.25) is 5.43 Å². The van der Waals surface area contributed by atoms with Crippen molar-refractivity contribution in [3.05, 3.63) is 123 Å². The van der Waals surface area contributed by atoms with Gasteiger partial charge in [-0.2, -0.15) is 0 Å². The summed E-state index contributed by atoms with van der Waals surface area (Å²) in [6.45, 7) is 7.28. The highest BCUT2D eigenvalue weighted by Gasteiger charge is 2.43. The van der Waals surface area contributed by atoms with Crippen LogP contribution < -0.4 is 5.43 Å². The SMILES string of the molecule is C=C(C)C=Cc1c(-c2ccc(O)cc2O)oc2c(C3C=C(C)CC(c4ccc(O)cc4O)C3C(=O)c3ccc(O)cc3O)c(O)cc(O)c2c1=O. The lowest BCUT2D eigenvalue weighted by atomic mass is 9.65. The number of Topliss-reactive ketones (excluding diaryl/α,β-unsaturated/α-hetero) is 1. The zero-order valence-electron chi connectivity index (χ0n) is 27.5. The standard InChI is InChI=1S/C40H34O11/c1-18(2)4-8-26-38(50)36-33(48)17-32(47)35(40(36)51-39(26)25-11-7-22(43)16-31(25)46)28-13-19(3)12-27(23-9-5-20(41)14-29(23)44)34(28)37(49)24-10-6-21(42)15-30(24)45/h4-11,13-17,27-28,34,41-48H,1,12H2,2-3H3. The van der Waals surface area contributed by atoms with Gasteiger partial charge in [-0.05, 0) is 62.2 Å². The molecule has 260 valence electrons. The van der Waals surface area contributed by atoms with Gasteiger partial charge in [0.1, 0.15) is 62.7 Å². The lowest BCUT2D eigenvalue weighted by Crippen LogP contribution is -2.32.